The lowest BCUT2D eigenvalue weighted by Crippen LogP contribution is -2.46. The molecule has 0 saturated carbocycles. The highest BCUT2D eigenvalue weighted by Crippen LogP contribution is 2.30. The molecule has 5 nitrogen and oxygen atoms in total. The van der Waals surface area contributed by atoms with E-state index >= 15 is 0 Å². The number of aromatic nitrogens is 2. The van der Waals surface area contributed by atoms with Crippen LogP contribution in [0, 0.1) is 0 Å². The van der Waals surface area contributed by atoms with E-state index in [4.69, 9.17) is 0 Å². The lowest BCUT2D eigenvalue weighted by atomic mass is 10.1. The average molecular weight is 398 g/mol. The summed E-state index contributed by atoms with van der Waals surface area (Å²) in [7, 11) is 0. The Balaban J connectivity index is 1.92. The Morgan fingerprint density at radius 1 is 1.14 bits per heavy atom. The van der Waals surface area contributed by atoms with Crippen molar-refractivity contribution in [1.82, 2.24) is 14.5 Å². The van der Waals surface area contributed by atoms with Crippen LogP contribution in [-0.2, 0) is 11.3 Å². The van der Waals surface area contributed by atoms with Gasteiger partial charge >= 0.3 is 0 Å². The molecule has 0 aliphatic carbocycles. The number of hydrogen-bond donors (Lipinski definition) is 0. The van der Waals surface area contributed by atoms with Crippen molar-refractivity contribution in [1.29, 1.82) is 0 Å². The number of nitrogens with zero attached hydrogens (tertiary/aromatic N) is 3. The third-order valence-electron chi connectivity index (χ3n) is 5.30. The van der Waals surface area contributed by atoms with Crippen LogP contribution in [-0.4, -0.2) is 32.4 Å². The maximum atomic E-state index is 13.0. The fourth-order valence-electron chi connectivity index (χ4n) is 3.36. The summed E-state index contributed by atoms with van der Waals surface area (Å²) in [6.07, 6.45) is 3.26. The minimum atomic E-state index is -0.162. The number of carbonyl (C=O) groups is 1. The molecule has 0 N–H and O–H groups in total. The van der Waals surface area contributed by atoms with Gasteiger partial charge in [-0.25, -0.2) is 4.98 Å². The van der Waals surface area contributed by atoms with Gasteiger partial charge in [0.05, 0.1) is 11.7 Å². The number of fused-ring (bicyclic) bond motifs is 1. The summed E-state index contributed by atoms with van der Waals surface area (Å²) in [6, 6.07) is 12.1. The Hall–Kier alpha value is -2.47. The van der Waals surface area contributed by atoms with Gasteiger partial charge in [0, 0.05) is 17.0 Å². The molecule has 0 bridgehead atoms. The highest BCUT2D eigenvalue weighted by molar-refractivity contribution is 7.21. The Morgan fingerprint density at radius 3 is 2.39 bits per heavy atom. The van der Waals surface area contributed by atoms with E-state index in [0.29, 0.717) is 10.2 Å². The van der Waals surface area contributed by atoms with Gasteiger partial charge in [0.15, 0.2) is 0 Å². The van der Waals surface area contributed by atoms with Gasteiger partial charge in [0.1, 0.15) is 11.4 Å². The van der Waals surface area contributed by atoms with E-state index in [2.05, 4.69) is 32.7 Å². The van der Waals surface area contributed by atoms with Crippen molar-refractivity contribution in [3.63, 3.8) is 0 Å². The minimum Gasteiger partial charge on any atom is -0.336 e. The lowest BCUT2D eigenvalue weighted by molar-refractivity contribution is -0.136. The van der Waals surface area contributed by atoms with Gasteiger partial charge < -0.3 is 4.90 Å². The third kappa shape index (κ3) is 4.02. The Labute approximate surface area is 169 Å². The van der Waals surface area contributed by atoms with Crippen LogP contribution in [0.2, 0.25) is 0 Å². The molecule has 0 aliphatic heterocycles. The SMILES string of the molecule is CC[C@H](C)N(C(=O)Cn1cnc2sc(-c3ccccc3)cc2c1=O)[C@@H](C)CC. The molecule has 2 aromatic heterocycles. The molecule has 1 aromatic carbocycles. The Kier molecular flexibility index (Phi) is 6.29. The van der Waals surface area contributed by atoms with Crippen molar-refractivity contribution in [3.8, 4) is 10.4 Å². The quantitative estimate of drug-likeness (QED) is 0.588. The normalized spacial score (nSPS) is 13.4. The van der Waals surface area contributed by atoms with Crippen molar-refractivity contribution >= 4 is 27.5 Å². The Bertz CT molecular complexity index is 1000. The molecule has 28 heavy (non-hydrogen) atoms. The lowest BCUT2D eigenvalue weighted by Gasteiger charge is -2.34. The highest BCUT2D eigenvalue weighted by atomic mass is 32.1. The summed E-state index contributed by atoms with van der Waals surface area (Å²) < 4.78 is 1.43. The maximum absolute atomic E-state index is 13.0. The van der Waals surface area contributed by atoms with Crippen LogP contribution in [0.4, 0.5) is 0 Å². The van der Waals surface area contributed by atoms with Gasteiger partial charge in [-0.2, -0.15) is 0 Å². The molecule has 2 atom stereocenters. The van der Waals surface area contributed by atoms with Crippen molar-refractivity contribution in [3.05, 3.63) is 53.1 Å². The molecule has 0 saturated heterocycles. The maximum Gasteiger partial charge on any atom is 0.262 e. The van der Waals surface area contributed by atoms with Gasteiger partial charge in [-0.3, -0.25) is 14.2 Å². The monoisotopic (exact) mass is 397 g/mol. The van der Waals surface area contributed by atoms with Crippen LogP contribution in [0.15, 0.2) is 47.5 Å². The van der Waals surface area contributed by atoms with Crippen molar-refractivity contribution in [2.75, 3.05) is 0 Å². The second kappa shape index (κ2) is 8.69. The van der Waals surface area contributed by atoms with Gasteiger partial charge in [-0.15, -0.1) is 11.3 Å². The van der Waals surface area contributed by atoms with Gasteiger partial charge in [0.25, 0.3) is 5.56 Å². The summed E-state index contributed by atoms with van der Waals surface area (Å²) in [5.74, 6) is -0.0366. The molecule has 6 heteroatoms. The summed E-state index contributed by atoms with van der Waals surface area (Å²) in [5.41, 5.74) is 0.900. The van der Waals surface area contributed by atoms with E-state index in [0.717, 1.165) is 23.3 Å². The average Bonchev–Trinajstić information content (AvgIpc) is 3.16. The molecule has 0 fully saturated rings. The first kappa shape index (κ1) is 20.3. The fraction of sp³-hybridized carbons (Fsp3) is 0.409. The summed E-state index contributed by atoms with van der Waals surface area (Å²) in [4.78, 5) is 34.0. The van der Waals surface area contributed by atoms with Gasteiger partial charge in [0.2, 0.25) is 5.91 Å². The zero-order valence-electron chi connectivity index (χ0n) is 16.9. The first-order valence-electron chi connectivity index (χ1n) is 9.81. The van der Waals surface area contributed by atoms with E-state index in [1.807, 2.05) is 41.3 Å². The molecule has 0 spiro atoms. The van der Waals surface area contributed by atoms with Crippen molar-refractivity contribution in [2.24, 2.45) is 0 Å². The molecule has 2 heterocycles. The van der Waals surface area contributed by atoms with E-state index in [1.54, 1.807) is 0 Å². The molecular formula is C22H27N3O2S. The molecule has 0 radical (unpaired) electrons. The molecule has 3 rings (SSSR count). The number of hydrogen-bond acceptors (Lipinski definition) is 4. The molecular weight excluding hydrogens is 370 g/mol. The number of amides is 1. The second-order valence-corrected chi connectivity index (χ2v) is 8.22. The number of rotatable bonds is 7. The van der Waals surface area contributed by atoms with Crippen LogP contribution in [0.25, 0.3) is 20.7 Å². The molecule has 0 aliphatic rings. The predicted molar refractivity (Wildman–Crippen MR) is 116 cm³/mol. The summed E-state index contributed by atoms with van der Waals surface area (Å²) in [5, 5.41) is 0.567. The van der Waals surface area contributed by atoms with E-state index < -0.39 is 0 Å². The van der Waals surface area contributed by atoms with E-state index in [1.165, 1.54) is 22.2 Å². The molecule has 3 aromatic rings. The molecule has 0 unspecified atom stereocenters. The van der Waals surface area contributed by atoms with Gasteiger partial charge in [-0.05, 0) is 38.3 Å². The molecule has 1 amide bonds. The van der Waals surface area contributed by atoms with E-state index in [-0.39, 0.29) is 30.1 Å². The van der Waals surface area contributed by atoms with Crippen LogP contribution < -0.4 is 5.56 Å². The van der Waals surface area contributed by atoms with Crippen LogP contribution in [0.1, 0.15) is 40.5 Å². The summed E-state index contributed by atoms with van der Waals surface area (Å²) in [6.45, 7) is 8.28. The fourth-order valence-corrected chi connectivity index (χ4v) is 4.36. The van der Waals surface area contributed by atoms with Crippen molar-refractivity contribution < 1.29 is 4.79 Å². The summed E-state index contributed by atoms with van der Waals surface area (Å²) >= 11 is 1.50. The van der Waals surface area contributed by atoms with Gasteiger partial charge in [-0.1, -0.05) is 44.2 Å². The third-order valence-corrected chi connectivity index (χ3v) is 6.39. The number of benzene rings is 1. The topological polar surface area (TPSA) is 55.2 Å². The highest BCUT2D eigenvalue weighted by Gasteiger charge is 2.24. The minimum absolute atomic E-state index is 0.0208. The zero-order chi connectivity index (χ0) is 20.3. The van der Waals surface area contributed by atoms with Crippen LogP contribution >= 0.6 is 11.3 Å². The first-order valence-corrected chi connectivity index (χ1v) is 10.6. The Morgan fingerprint density at radius 2 is 1.79 bits per heavy atom. The zero-order valence-corrected chi connectivity index (χ0v) is 17.7. The van der Waals surface area contributed by atoms with Crippen LogP contribution in [0.5, 0.6) is 0 Å². The second-order valence-electron chi connectivity index (χ2n) is 7.19. The number of thiophene rings is 1. The molecule has 148 valence electrons. The smallest absolute Gasteiger partial charge is 0.262 e. The van der Waals surface area contributed by atoms with Crippen LogP contribution in [0.3, 0.4) is 0 Å². The standard InChI is InChI=1S/C22H27N3O2S/c1-5-15(3)25(16(4)6-2)20(26)13-24-14-23-21-18(22(24)27)12-19(28-21)17-10-8-7-9-11-17/h7-12,14-16H,5-6,13H2,1-4H3/t15-,16-/m0/s1. The first-order chi connectivity index (χ1) is 13.5. The number of carbonyl (C=O) groups excluding carboxylic acids is 1. The largest absolute Gasteiger partial charge is 0.336 e. The van der Waals surface area contributed by atoms with E-state index in [9.17, 15) is 9.59 Å². The predicted octanol–water partition coefficient (Wildman–Crippen LogP) is 4.55. The van der Waals surface area contributed by atoms with Crippen molar-refractivity contribution in [2.45, 2.75) is 59.2 Å².